The molecule has 88 valence electrons. The Hall–Kier alpha value is -1.30. The molecule has 3 nitrogen and oxygen atoms in total. The summed E-state index contributed by atoms with van der Waals surface area (Å²) in [6, 6.07) is 7.59. The quantitative estimate of drug-likeness (QED) is 0.763. The predicted octanol–water partition coefficient (Wildman–Crippen LogP) is 3.34. The molecule has 1 rings (SSSR count). The molecule has 1 aromatic rings. The zero-order valence-electron chi connectivity index (χ0n) is 9.64. The fourth-order valence-corrected chi connectivity index (χ4v) is 2.76. The number of rotatable bonds is 5. The average Bonchev–Trinajstić information content (AvgIpc) is 2.37. The first-order chi connectivity index (χ1) is 8.16. The monoisotopic (exact) mass is 264 g/mol. The van der Waals surface area contributed by atoms with Crippen molar-refractivity contribution in [3.8, 4) is 16.6 Å². The van der Waals surface area contributed by atoms with Gasteiger partial charge in [-0.1, -0.05) is 12.1 Å². The summed E-state index contributed by atoms with van der Waals surface area (Å²) in [5.41, 5.74) is 1.02. The van der Waals surface area contributed by atoms with Crippen LogP contribution in [-0.4, -0.2) is 12.9 Å². The van der Waals surface area contributed by atoms with Gasteiger partial charge in [-0.25, -0.2) is 0 Å². The lowest BCUT2D eigenvalue weighted by molar-refractivity contribution is 0.414. The lowest BCUT2D eigenvalue weighted by Gasteiger charge is -2.24. The molecule has 1 unspecified atom stereocenters. The molecule has 0 heterocycles. The highest BCUT2D eigenvalue weighted by molar-refractivity contribution is 8.07. The maximum Gasteiger partial charge on any atom is 0.134 e. The molecule has 0 spiro atoms. The minimum absolute atomic E-state index is 0.374. The van der Waals surface area contributed by atoms with Crippen molar-refractivity contribution in [1.82, 2.24) is 0 Å². The molecular formula is C12H12N2OS2. The average molecular weight is 264 g/mol. The van der Waals surface area contributed by atoms with Crippen molar-refractivity contribution in [2.45, 2.75) is 11.7 Å². The van der Waals surface area contributed by atoms with Crippen LogP contribution in [0.25, 0.3) is 0 Å². The van der Waals surface area contributed by atoms with E-state index in [-0.39, 0.29) is 4.75 Å². The van der Waals surface area contributed by atoms with Gasteiger partial charge in [0.05, 0.1) is 11.9 Å². The van der Waals surface area contributed by atoms with Crippen LogP contribution in [0, 0.1) is 21.3 Å². The minimum Gasteiger partial charge on any atom is -0.497 e. The number of nitrogens with zero attached hydrogens (tertiary/aromatic N) is 2. The van der Waals surface area contributed by atoms with E-state index in [2.05, 4.69) is 5.40 Å². The van der Waals surface area contributed by atoms with Gasteiger partial charge in [0.2, 0.25) is 0 Å². The van der Waals surface area contributed by atoms with Gasteiger partial charge in [0.25, 0.3) is 0 Å². The smallest absolute Gasteiger partial charge is 0.134 e. The summed E-state index contributed by atoms with van der Waals surface area (Å²) < 4.78 is 4.72. The van der Waals surface area contributed by atoms with Crippen LogP contribution in [-0.2, 0) is 4.75 Å². The van der Waals surface area contributed by atoms with E-state index in [9.17, 15) is 0 Å². The number of ether oxygens (including phenoxy) is 1. The highest BCUT2D eigenvalue weighted by Gasteiger charge is 2.28. The Kier molecular flexibility index (Phi) is 5.21. The first kappa shape index (κ1) is 13.8. The van der Waals surface area contributed by atoms with E-state index >= 15 is 0 Å². The molecule has 0 fully saturated rings. The van der Waals surface area contributed by atoms with Gasteiger partial charge in [-0.15, -0.1) is 0 Å². The molecule has 1 atom stereocenters. The largest absolute Gasteiger partial charge is 0.497 e. The van der Waals surface area contributed by atoms with Gasteiger partial charge in [0.15, 0.2) is 0 Å². The summed E-state index contributed by atoms with van der Waals surface area (Å²) in [5, 5.41) is 21.6. The molecular weight excluding hydrogens is 252 g/mol. The van der Waals surface area contributed by atoms with Crippen LogP contribution in [0.3, 0.4) is 0 Å². The molecule has 0 aliphatic rings. The summed E-state index contributed by atoms with van der Waals surface area (Å²) in [6.45, 7) is 1.97. The van der Waals surface area contributed by atoms with Gasteiger partial charge in [0.1, 0.15) is 16.6 Å². The van der Waals surface area contributed by atoms with Gasteiger partial charge >= 0.3 is 0 Å². The Morgan fingerprint density at radius 3 is 2.35 bits per heavy atom. The second-order valence-electron chi connectivity index (χ2n) is 3.53. The van der Waals surface area contributed by atoms with E-state index in [4.69, 9.17) is 15.3 Å². The van der Waals surface area contributed by atoms with Crippen LogP contribution in [0.1, 0.15) is 12.5 Å². The van der Waals surface area contributed by atoms with Gasteiger partial charge in [-0.05, 0) is 48.1 Å². The number of benzene rings is 1. The van der Waals surface area contributed by atoms with E-state index in [1.807, 2.05) is 36.6 Å². The van der Waals surface area contributed by atoms with Crippen LogP contribution in [0.4, 0.5) is 0 Å². The van der Waals surface area contributed by atoms with E-state index in [0.29, 0.717) is 5.75 Å². The second kappa shape index (κ2) is 6.44. The van der Waals surface area contributed by atoms with E-state index in [0.717, 1.165) is 23.1 Å². The third-order valence-electron chi connectivity index (χ3n) is 2.38. The van der Waals surface area contributed by atoms with Crippen molar-refractivity contribution in [2.24, 2.45) is 0 Å². The third-order valence-corrected chi connectivity index (χ3v) is 4.34. The Labute approximate surface area is 110 Å². The Morgan fingerprint density at radius 2 is 1.88 bits per heavy atom. The van der Waals surface area contributed by atoms with E-state index < -0.39 is 0 Å². The molecule has 0 aliphatic heterocycles. The maximum absolute atomic E-state index is 8.86. The second-order valence-corrected chi connectivity index (χ2v) is 5.58. The fraction of sp³-hybridized carbons (Fsp3) is 0.333. The predicted molar refractivity (Wildman–Crippen MR) is 71.6 cm³/mol. The van der Waals surface area contributed by atoms with Crippen LogP contribution in [0.15, 0.2) is 24.3 Å². The molecule has 0 saturated carbocycles. The van der Waals surface area contributed by atoms with Crippen molar-refractivity contribution in [3.05, 3.63) is 29.8 Å². The number of thiocyanates is 2. The molecule has 0 bridgehead atoms. The third kappa shape index (κ3) is 3.59. The van der Waals surface area contributed by atoms with Crippen LogP contribution in [0.5, 0.6) is 5.75 Å². The molecule has 0 amide bonds. The summed E-state index contributed by atoms with van der Waals surface area (Å²) in [7, 11) is 1.61. The summed E-state index contributed by atoms with van der Waals surface area (Å²) >= 11 is 2.34. The highest BCUT2D eigenvalue weighted by Crippen LogP contribution is 2.38. The van der Waals surface area contributed by atoms with Crippen molar-refractivity contribution < 1.29 is 4.74 Å². The Balaban J connectivity index is 2.97. The standard InChI is InChI=1S/C12H12N2OS2/c1-12(17-9-14,7-16-8-13)10-3-5-11(15-2)6-4-10/h3-6H,7H2,1-2H3. The molecule has 0 aromatic heterocycles. The van der Waals surface area contributed by atoms with Crippen molar-refractivity contribution >= 4 is 23.5 Å². The zero-order valence-corrected chi connectivity index (χ0v) is 11.3. The minimum atomic E-state index is -0.374. The van der Waals surface area contributed by atoms with E-state index in [1.165, 1.54) is 11.8 Å². The summed E-state index contributed by atoms with van der Waals surface area (Å²) in [5.74, 6) is 1.36. The summed E-state index contributed by atoms with van der Waals surface area (Å²) in [6.07, 6.45) is 0. The Morgan fingerprint density at radius 1 is 1.24 bits per heavy atom. The van der Waals surface area contributed by atoms with E-state index in [1.54, 1.807) is 7.11 Å². The molecule has 5 heteroatoms. The first-order valence-corrected chi connectivity index (χ1v) is 6.69. The number of hydrogen-bond donors (Lipinski definition) is 0. The zero-order chi connectivity index (χ0) is 12.7. The fourth-order valence-electron chi connectivity index (χ4n) is 1.39. The molecule has 0 saturated heterocycles. The summed E-state index contributed by atoms with van der Waals surface area (Å²) in [4.78, 5) is 0. The van der Waals surface area contributed by atoms with Crippen molar-refractivity contribution in [3.63, 3.8) is 0 Å². The molecule has 1 aromatic carbocycles. The van der Waals surface area contributed by atoms with Crippen LogP contribution >= 0.6 is 23.5 Å². The first-order valence-electron chi connectivity index (χ1n) is 4.89. The topological polar surface area (TPSA) is 56.8 Å². The van der Waals surface area contributed by atoms with Gasteiger partial charge < -0.3 is 4.74 Å². The molecule has 17 heavy (non-hydrogen) atoms. The molecule has 0 N–H and O–H groups in total. The number of hydrogen-bond acceptors (Lipinski definition) is 5. The van der Waals surface area contributed by atoms with Gasteiger partial charge in [-0.3, -0.25) is 0 Å². The number of thioether (sulfide) groups is 2. The SMILES string of the molecule is COc1ccc(C(C)(CSC#N)SC#N)cc1. The van der Waals surface area contributed by atoms with Crippen LogP contribution in [0.2, 0.25) is 0 Å². The molecule has 0 radical (unpaired) electrons. The Bertz CT molecular complexity index is 447. The molecule has 0 aliphatic carbocycles. The van der Waals surface area contributed by atoms with Gasteiger partial charge in [-0.2, -0.15) is 10.5 Å². The van der Waals surface area contributed by atoms with Crippen LogP contribution < -0.4 is 4.74 Å². The van der Waals surface area contributed by atoms with Crippen molar-refractivity contribution in [2.75, 3.05) is 12.9 Å². The lowest BCUT2D eigenvalue weighted by Crippen LogP contribution is -2.19. The van der Waals surface area contributed by atoms with Crippen molar-refractivity contribution in [1.29, 1.82) is 10.5 Å². The van der Waals surface area contributed by atoms with Gasteiger partial charge in [0, 0.05) is 5.75 Å². The maximum atomic E-state index is 8.86. The lowest BCUT2D eigenvalue weighted by atomic mass is 10.0. The number of nitriles is 2. The normalized spacial score (nSPS) is 13.2. The highest BCUT2D eigenvalue weighted by atomic mass is 32.2. The number of methoxy groups -OCH3 is 1.